The third-order valence-electron chi connectivity index (χ3n) is 3.54. The van der Waals surface area contributed by atoms with E-state index in [1.165, 1.54) is 38.2 Å². The lowest BCUT2D eigenvalue weighted by Gasteiger charge is -2.37. The van der Waals surface area contributed by atoms with E-state index in [0.717, 1.165) is 0 Å². The fourth-order valence-electron chi connectivity index (χ4n) is 2.61. The first kappa shape index (κ1) is 18.8. The van der Waals surface area contributed by atoms with Gasteiger partial charge in [-0.2, -0.15) is 0 Å². The van der Waals surface area contributed by atoms with Gasteiger partial charge in [-0.25, -0.2) is 0 Å². The lowest BCUT2D eigenvalue weighted by molar-refractivity contribution is -0.161. The minimum atomic E-state index is -0.394. The van der Waals surface area contributed by atoms with Crippen LogP contribution in [0.4, 0.5) is 0 Å². The first-order valence-corrected chi connectivity index (χ1v) is 7.12. The van der Waals surface area contributed by atoms with Gasteiger partial charge in [0.1, 0.15) is 20.1 Å². The van der Waals surface area contributed by atoms with Gasteiger partial charge in [0.25, 0.3) is 0 Å². The third-order valence-corrected chi connectivity index (χ3v) is 3.54. The zero-order valence-corrected chi connectivity index (χ0v) is 13.7. The maximum Gasteiger partial charge on any atom is 0.231 e. The molecule has 1 aliphatic heterocycles. The summed E-state index contributed by atoms with van der Waals surface area (Å²) in [6.07, 6.45) is 0.375. The van der Waals surface area contributed by atoms with Crippen molar-refractivity contribution in [2.24, 2.45) is 11.8 Å². The highest BCUT2D eigenvalue weighted by molar-refractivity contribution is 5.84. The minimum absolute atomic E-state index is 0.0987. The molecule has 0 aromatic carbocycles. The molecule has 0 saturated carbocycles. The van der Waals surface area contributed by atoms with Gasteiger partial charge in [-0.1, -0.05) is 0 Å². The van der Waals surface area contributed by atoms with Crippen LogP contribution in [0.3, 0.4) is 0 Å². The SMILES string of the molecule is COCC1CC(COC)C(=O)N(COC)CN(COC)C1=O. The summed E-state index contributed by atoms with van der Waals surface area (Å²) in [6, 6.07) is 0. The number of carbonyl (C=O) groups excluding carboxylic acids is 2. The molecule has 0 aliphatic carbocycles. The van der Waals surface area contributed by atoms with Crippen LogP contribution < -0.4 is 0 Å². The van der Waals surface area contributed by atoms with Crippen molar-refractivity contribution in [3.05, 3.63) is 0 Å². The molecule has 2 unspecified atom stereocenters. The van der Waals surface area contributed by atoms with Gasteiger partial charge in [0.15, 0.2) is 0 Å². The van der Waals surface area contributed by atoms with Crippen LogP contribution in [-0.2, 0) is 28.5 Å². The zero-order valence-electron chi connectivity index (χ0n) is 13.7. The lowest BCUT2D eigenvalue weighted by Crippen LogP contribution is -2.53. The minimum Gasteiger partial charge on any atom is -0.384 e. The van der Waals surface area contributed by atoms with Crippen molar-refractivity contribution in [3.8, 4) is 0 Å². The summed E-state index contributed by atoms with van der Waals surface area (Å²) in [5, 5.41) is 0. The van der Waals surface area contributed by atoms with E-state index in [0.29, 0.717) is 6.42 Å². The molecule has 2 atom stereocenters. The Morgan fingerprint density at radius 3 is 1.55 bits per heavy atom. The predicted molar refractivity (Wildman–Crippen MR) is 77.7 cm³/mol. The van der Waals surface area contributed by atoms with Gasteiger partial charge in [-0.15, -0.1) is 0 Å². The maximum atomic E-state index is 12.6. The second kappa shape index (κ2) is 9.73. The number of amides is 2. The highest BCUT2D eigenvalue weighted by Gasteiger charge is 2.36. The second-order valence-electron chi connectivity index (χ2n) is 5.27. The van der Waals surface area contributed by atoms with Crippen molar-refractivity contribution in [2.45, 2.75) is 6.42 Å². The molecule has 1 aliphatic rings. The number of hydrogen-bond acceptors (Lipinski definition) is 6. The molecule has 1 heterocycles. The van der Waals surface area contributed by atoms with E-state index in [2.05, 4.69) is 0 Å². The van der Waals surface area contributed by atoms with Crippen molar-refractivity contribution in [3.63, 3.8) is 0 Å². The summed E-state index contributed by atoms with van der Waals surface area (Å²) in [4.78, 5) is 28.2. The molecule has 0 bridgehead atoms. The van der Waals surface area contributed by atoms with E-state index >= 15 is 0 Å². The van der Waals surface area contributed by atoms with Crippen molar-refractivity contribution in [1.82, 2.24) is 9.80 Å². The average Bonchev–Trinajstić information content (AvgIpc) is 2.50. The van der Waals surface area contributed by atoms with Crippen LogP contribution in [0.15, 0.2) is 0 Å². The molecule has 1 fully saturated rings. The molecule has 0 radical (unpaired) electrons. The highest BCUT2D eigenvalue weighted by atomic mass is 16.5. The van der Waals surface area contributed by atoms with Crippen LogP contribution >= 0.6 is 0 Å². The Hall–Kier alpha value is -1.22. The molecule has 0 N–H and O–H groups in total. The van der Waals surface area contributed by atoms with Crippen LogP contribution in [0.2, 0.25) is 0 Å². The second-order valence-corrected chi connectivity index (χ2v) is 5.27. The van der Waals surface area contributed by atoms with Crippen molar-refractivity contribution in [2.75, 3.05) is 61.8 Å². The Labute approximate surface area is 131 Å². The number of rotatable bonds is 8. The van der Waals surface area contributed by atoms with Gasteiger partial charge < -0.3 is 28.7 Å². The van der Waals surface area contributed by atoms with Gasteiger partial charge in [0, 0.05) is 28.4 Å². The molecule has 0 aromatic heterocycles. The topological polar surface area (TPSA) is 77.5 Å². The van der Waals surface area contributed by atoms with E-state index in [-0.39, 0.29) is 45.2 Å². The van der Waals surface area contributed by atoms with Crippen molar-refractivity contribution >= 4 is 11.8 Å². The summed E-state index contributed by atoms with van der Waals surface area (Å²) in [5.74, 6) is -0.986. The molecule has 0 aromatic rings. The number of methoxy groups -OCH3 is 4. The molecular formula is C14H26N2O6. The Bertz CT molecular complexity index is 303. The predicted octanol–water partition coefficient (Wildman–Crippen LogP) is -0.262. The summed E-state index contributed by atoms with van der Waals surface area (Å²) >= 11 is 0. The highest BCUT2D eigenvalue weighted by Crippen LogP contribution is 2.22. The molecule has 8 nitrogen and oxygen atoms in total. The van der Waals surface area contributed by atoms with Gasteiger partial charge >= 0.3 is 0 Å². The summed E-state index contributed by atoms with van der Waals surface area (Å²) < 4.78 is 20.4. The van der Waals surface area contributed by atoms with Crippen LogP contribution in [0.5, 0.6) is 0 Å². The molecule has 128 valence electrons. The lowest BCUT2D eigenvalue weighted by atomic mass is 9.92. The molecule has 22 heavy (non-hydrogen) atoms. The van der Waals surface area contributed by atoms with Gasteiger partial charge in [-0.3, -0.25) is 9.59 Å². The molecule has 1 saturated heterocycles. The Balaban J connectivity index is 3.01. The van der Waals surface area contributed by atoms with Crippen LogP contribution in [0.25, 0.3) is 0 Å². The molecule has 8 heteroatoms. The fraction of sp³-hybridized carbons (Fsp3) is 0.857. The Kier molecular flexibility index (Phi) is 8.32. The molecule has 1 rings (SSSR count). The summed E-state index contributed by atoms with van der Waals surface area (Å²) in [5.41, 5.74) is 0. The summed E-state index contributed by atoms with van der Waals surface area (Å²) in [6.45, 7) is 0.871. The summed E-state index contributed by atoms with van der Waals surface area (Å²) in [7, 11) is 6.09. The van der Waals surface area contributed by atoms with E-state index in [4.69, 9.17) is 18.9 Å². The van der Waals surface area contributed by atoms with Crippen molar-refractivity contribution < 1.29 is 28.5 Å². The fourth-order valence-corrected chi connectivity index (χ4v) is 2.61. The Morgan fingerprint density at radius 2 is 1.23 bits per heavy atom. The number of hydrogen-bond donors (Lipinski definition) is 0. The average molecular weight is 318 g/mol. The normalized spacial score (nSPS) is 23.6. The molecular weight excluding hydrogens is 292 g/mol. The van der Waals surface area contributed by atoms with Crippen LogP contribution in [-0.4, -0.2) is 83.4 Å². The van der Waals surface area contributed by atoms with Gasteiger partial charge in [0.2, 0.25) is 11.8 Å². The standard InChI is InChI=1S/C14H26N2O6/c1-19-6-11-5-12(7-20-2)14(18)16(10-22-4)8-15(9-21-3)13(11)17/h11-12H,5-10H2,1-4H3. The smallest absolute Gasteiger partial charge is 0.231 e. The maximum absolute atomic E-state index is 12.6. The monoisotopic (exact) mass is 318 g/mol. The van der Waals surface area contributed by atoms with Crippen molar-refractivity contribution in [1.29, 1.82) is 0 Å². The van der Waals surface area contributed by atoms with E-state index in [1.54, 1.807) is 0 Å². The number of carbonyl (C=O) groups is 2. The largest absolute Gasteiger partial charge is 0.384 e. The number of nitrogens with zero attached hydrogens (tertiary/aromatic N) is 2. The quantitative estimate of drug-likeness (QED) is 0.613. The van der Waals surface area contributed by atoms with Gasteiger partial charge in [-0.05, 0) is 6.42 Å². The van der Waals surface area contributed by atoms with Crippen LogP contribution in [0, 0.1) is 11.8 Å². The zero-order chi connectivity index (χ0) is 16.5. The van der Waals surface area contributed by atoms with E-state index < -0.39 is 11.8 Å². The van der Waals surface area contributed by atoms with E-state index in [1.807, 2.05) is 0 Å². The van der Waals surface area contributed by atoms with E-state index in [9.17, 15) is 9.59 Å². The Morgan fingerprint density at radius 1 is 0.818 bits per heavy atom. The third kappa shape index (κ3) is 4.91. The van der Waals surface area contributed by atoms with Crippen LogP contribution in [0.1, 0.15) is 6.42 Å². The molecule has 0 spiro atoms. The van der Waals surface area contributed by atoms with Gasteiger partial charge in [0.05, 0.1) is 25.0 Å². The number of ether oxygens (including phenoxy) is 4. The first-order valence-electron chi connectivity index (χ1n) is 7.12. The first-order chi connectivity index (χ1) is 10.6. The molecule has 2 amide bonds.